The second kappa shape index (κ2) is 6.35. The maximum atomic E-state index is 12.0. The summed E-state index contributed by atoms with van der Waals surface area (Å²) in [6, 6.07) is 0. The fourth-order valence-corrected chi connectivity index (χ4v) is 3.34. The third kappa shape index (κ3) is 3.00. The summed E-state index contributed by atoms with van der Waals surface area (Å²) in [5.41, 5.74) is 6.52. The Morgan fingerprint density at radius 2 is 2.05 bits per heavy atom. The first kappa shape index (κ1) is 15.0. The summed E-state index contributed by atoms with van der Waals surface area (Å²) in [7, 11) is 0. The molecule has 1 aliphatic heterocycles. The average Bonchev–Trinajstić information content (AvgIpc) is 2.99. The summed E-state index contributed by atoms with van der Waals surface area (Å²) in [5, 5.41) is 0.955. The van der Waals surface area contributed by atoms with Crippen LogP contribution in [0.1, 0.15) is 43.3 Å². The van der Waals surface area contributed by atoms with Gasteiger partial charge in [0.2, 0.25) is 0 Å². The van der Waals surface area contributed by atoms with E-state index in [1.54, 1.807) is 6.92 Å². The molecule has 0 bridgehead atoms. The van der Waals surface area contributed by atoms with Crippen LogP contribution in [0.5, 0.6) is 5.75 Å². The molecule has 0 unspecified atom stereocenters. The van der Waals surface area contributed by atoms with Gasteiger partial charge in [-0.2, -0.15) is 0 Å². The lowest BCUT2D eigenvalue weighted by Gasteiger charge is -2.19. The van der Waals surface area contributed by atoms with Gasteiger partial charge >= 0.3 is 5.97 Å². The Hall–Kier alpha value is -1.43. The van der Waals surface area contributed by atoms with Crippen LogP contribution < -0.4 is 15.4 Å². The fourth-order valence-electron chi connectivity index (χ4n) is 2.24. The molecule has 0 radical (unpaired) electrons. The quantitative estimate of drug-likeness (QED) is 0.847. The van der Waals surface area contributed by atoms with Crippen molar-refractivity contribution < 1.29 is 14.3 Å². The summed E-state index contributed by atoms with van der Waals surface area (Å²) in [6.07, 6.45) is 2.34. The number of thiophene rings is 1. The molecule has 6 heteroatoms. The van der Waals surface area contributed by atoms with Gasteiger partial charge in [-0.1, -0.05) is 0 Å². The smallest absolute Gasteiger partial charge is 0.350 e. The lowest BCUT2D eigenvalue weighted by Crippen LogP contribution is -2.18. The van der Waals surface area contributed by atoms with Crippen LogP contribution in [0.3, 0.4) is 0 Å². The predicted octanol–water partition coefficient (Wildman–Crippen LogP) is 2.89. The van der Waals surface area contributed by atoms with E-state index < -0.39 is 0 Å². The van der Waals surface area contributed by atoms with Crippen LogP contribution in [0.25, 0.3) is 0 Å². The number of nitrogen functional groups attached to an aromatic ring is 1. The minimum Gasteiger partial charge on any atom is -0.486 e. The van der Waals surface area contributed by atoms with Crippen molar-refractivity contribution in [2.24, 2.45) is 0 Å². The highest BCUT2D eigenvalue weighted by atomic mass is 32.1. The van der Waals surface area contributed by atoms with Crippen molar-refractivity contribution in [2.45, 2.75) is 39.7 Å². The molecule has 2 N–H and O–H groups in total. The number of ether oxygens (including phenoxy) is 2. The van der Waals surface area contributed by atoms with Crippen LogP contribution in [-0.4, -0.2) is 31.8 Å². The van der Waals surface area contributed by atoms with E-state index in [4.69, 9.17) is 15.2 Å². The number of carbonyl (C=O) groups is 1. The molecule has 0 atom stereocenters. The Bertz CT molecular complexity index is 479. The molecule has 112 valence electrons. The van der Waals surface area contributed by atoms with Crippen molar-refractivity contribution in [2.75, 3.05) is 30.3 Å². The van der Waals surface area contributed by atoms with Gasteiger partial charge in [0.15, 0.2) is 5.75 Å². The Morgan fingerprint density at radius 3 is 2.60 bits per heavy atom. The topological polar surface area (TPSA) is 64.8 Å². The molecule has 2 rings (SSSR count). The number of hydrogen-bond donors (Lipinski definition) is 1. The molecule has 1 fully saturated rings. The highest BCUT2D eigenvalue weighted by molar-refractivity contribution is 7.19. The van der Waals surface area contributed by atoms with Crippen molar-refractivity contribution in [1.82, 2.24) is 0 Å². The largest absolute Gasteiger partial charge is 0.486 e. The molecule has 0 saturated carbocycles. The lowest BCUT2D eigenvalue weighted by molar-refractivity contribution is 0.0533. The van der Waals surface area contributed by atoms with Gasteiger partial charge in [0.25, 0.3) is 0 Å². The summed E-state index contributed by atoms with van der Waals surface area (Å²) >= 11 is 1.37. The lowest BCUT2D eigenvalue weighted by atomic mass is 10.3. The first-order valence-electron chi connectivity index (χ1n) is 7.05. The minimum absolute atomic E-state index is 0.0169. The van der Waals surface area contributed by atoms with Crippen LogP contribution in [0.4, 0.5) is 10.7 Å². The molecule has 0 spiro atoms. The van der Waals surface area contributed by atoms with Crippen LogP contribution in [0.15, 0.2) is 0 Å². The predicted molar refractivity (Wildman–Crippen MR) is 81.9 cm³/mol. The summed E-state index contributed by atoms with van der Waals surface area (Å²) in [5.74, 6) is 0.268. The van der Waals surface area contributed by atoms with Gasteiger partial charge in [-0.3, -0.25) is 0 Å². The Kier molecular flexibility index (Phi) is 4.75. The molecule has 1 saturated heterocycles. The Balaban J connectivity index is 2.37. The van der Waals surface area contributed by atoms with Crippen LogP contribution in [-0.2, 0) is 4.74 Å². The Labute approximate surface area is 123 Å². The van der Waals surface area contributed by atoms with E-state index in [0.717, 1.165) is 30.9 Å². The third-order valence-corrected chi connectivity index (χ3v) is 4.32. The van der Waals surface area contributed by atoms with E-state index >= 15 is 0 Å². The van der Waals surface area contributed by atoms with Gasteiger partial charge in [-0.15, -0.1) is 11.3 Å². The number of hydrogen-bond acceptors (Lipinski definition) is 6. The van der Waals surface area contributed by atoms with Gasteiger partial charge in [-0.05, 0) is 33.6 Å². The van der Waals surface area contributed by atoms with E-state index in [1.807, 2.05) is 13.8 Å². The summed E-state index contributed by atoms with van der Waals surface area (Å²) < 4.78 is 10.9. The third-order valence-electron chi connectivity index (χ3n) is 3.09. The second-order valence-corrected chi connectivity index (χ2v) is 6.06. The normalized spacial score (nSPS) is 14.9. The SMILES string of the molecule is CCOC(=O)c1sc(N2CCCC2)c(OC(C)C)c1N. The van der Waals surface area contributed by atoms with Crippen molar-refractivity contribution in [3.05, 3.63) is 4.88 Å². The highest BCUT2D eigenvalue weighted by Gasteiger charge is 2.28. The highest BCUT2D eigenvalue weighted by Crippen LogP contribution is 2.46. The maximum Gasteiger partial charge on any atom is 0.350 e. The fraction of sp³-hybridized carbons (Fsp3) is 0.643. The van der Waals surface area contributed by atoms with Gasteiger partial charge in [0.1, 0.15) is 15.6 Å². The van der Waals surface area contributed by atoms with Crippen molar-refractivity contribution >= 4 is 28.0 Å². The van der Waals surface area contributed by atoms with Gasteiger partial charge in [-0.25, -0.2) is 4.79 Å². The van der Waals surface area contributed by atoms with E-state index in [-0.39, 0.29) is 12.1 Å². The zero-order valence-corrected chi connectivity index (χ0v) is 13.1. The van der Waals surface area contributed by atoms with Gasteiger partial charge < -0.3 is 20.1 Å². The number of carbonyl (C=O) groups excluding carboxylic acids is 1. The van der Waals surface area contributed by atoms with Crippen LogP contribution in [0.2, 0.25) is 0 Å². The van der Waals surface area contributed by atoms with E-state index in [9.17, 15) is 4.79 Å². The molecule has 1 aliphatic rings. The van der Waals surface area contributed by atoms with Crippen molar-refractivity contribution in [3.8, 4) is 5.75 Å². The molecule has 0 amide bonds. The molecular weight excluding hydrogens is 276 g/mol. The first-order chi connectivity index (χ1) is 9.54. The summed E-state index contributed by atoms with van der Waals surface area (Å²) in [6.45, 7) is 8.00. The monoisotopic (exact) mass is 298 g/mol. The standard InChI is InChI=1S/C14H22N2O3S/c1-4-18-14(17)12-10(15)11(19-9(2)3)13(20-12)16-7-5-6-8-16/h9H,4-8,15H2,1-3H3. The van der Waals surface area contributed by atoms with Crippen molar-refractivity contribution in [1.29, 1.82) is 0 Å². The molecule has 1 aromatic heterocycles. The average molecular weight is 298 g/mol. The van der Waals surface area contributed by atoms with E-state index in [2.05, 4.69) is 4.90 Å². The number of nitrogens with two attached hydrogens (primary N) is 1. The Morgan fingerprint density at radius 1 is 1.40 bits per heavy atom. The van der Waals surface area contributed by atoms with Crippen molar-refractivity contribution in [3.63, 3.8) is 0 Å². The molecule has 0 aromatic carbocycles. The second-order valence-electron chi connectivity index (χ2n) is 5.06. The molecular formula is C14H22N2O3S. The minimum atomic E-state index is -0.367. The number of anilines is 2. The molecule has 5 nitrogen and oxygen atoms in total. The molecule has 20 heavy (non-hydrogen) atoms. The molecule has 0 aliphatic carbocycles. The van der Waals surface area contributed by atoms with E-state index in [1.165, 1.54) is 11.3 Å². The molecule has 1 aromatic rings. The van der Waals surface area contributed by atoms with E-state index in [0.29, 0.717) is 22.9 Å². The van der Waals surface area contributed by atoms with Gasteiger partial charge in [0, 0.05) is 13.1 Å². The maximum absolute atomic E-state index is 12.0. The first-order valence-corrected chi connectivity index (χ1v) is 7.87. The molecule has 2 heterocycles. The van der Waals surface area contributed by atoms with Crippen LogP contribution >= 0.6 is 11.3 Å². The summed E-state index contributed by atoms with van der Waals surface area (Å²) in [4.78, 5) is 14.7. The zero-order chi connectivity index (χ0) is 14.7. The zero-order valence-electron chi connectivity index (χ0n) is 12.3. The number of esters is 1. The van der Waals surface area contributed by atoms with Gasteiger partial charge in [0.05, 0.1) is 12.7 Å². The van der Waals surface area contributed by atoms with Crippen LogP contribution in [0, 0.1) is 0 Å². The number of rotatable bonds is 5. The number of nitrogens with zero attached hydrogens (tertiary/aromatic N) is 1.